The number of methoxy groups -OCH3 is 1. The second-order valence-corrected chi connectivity index (χ2v) is 4.65. The molecule has 1 N–H and O–H groups in total. The number of hydrogen-bond donors (Lipinski definition) is 1. The maximum absolute atomic E-state index is 10.2. The normalized spacial score (nSPS) is 14.2. The third-order valence-electron chi connectivity index (χ3n) is 3.04. The van der Waals surface area contributed by atoms with E-state index in [4.69, 9.17) is 4.74 Å². The van der Waals surface area contributed by atoms with Gasteiger partial charge >= 0.3 is 0 Å². The first-order valence-corrected chi connectivity index (χ1v) is 6.01. The van der Waals surface area contributed by atoms with Gasteiger partial charge in [-0.3, -0.25) is 0 Å². The molecule has 1 unspecified atom stereocenters. The summed E-state index contributed by atoms with van der Waals surface area (Å²) in [5.74, 6) is 0. The van der Waals surface area contributed by atoms with Crippen LogP contribution in [-0.4, -0.2) is 18.8 Å². The lowest BCUT2D eigenvalue weighted by Gasteiger charge is -2.23. The van der Waals surface area contributed by atoms with E-state index in [9.17, 15) is 5.11 Å². The van der Waals surface area contributed by atoms with Gasteiger partial charge in [0, 0.05) is 7.11 Å². The SMILES string of the molecule is COCC(C)(O)c1ccc(-c2ccccc2)cc1. The first-order valence-electron chi connectivity index (χ1n) is 6.01. The van der Waals surface area contributed by atoms with E-state index in [0.29, 0.717) is 0 Å². The van der Waals surface area contributed by atoms with Gasteiger partial charge in [-0.25, -0.2) is 0 Å². The third kappa shape index (κ3) is 2.78. The minimum Gasteiger partial charge on any atom is -0.383 e. The number of ether oxygens (including phenoxy) is 1. The van der Waals surface area contributed by atoms with Crippen molar-refractivity contribution >= 4 is 0 Å². The molecule has 0 aliphatic carbocycles. The molecule has 0 aromatic heterocycles. The zero-order valence-electron chi connectivity index (χ0n) is 10.8. The van der Waals surface area contributed by atoms with Gasteiger partial charge in [-0.1, -0.05) is 54.6 Å². The van der Waals surface area contributed by atoms with Crippen molar-refractivity contribution in [2.24, 2.45) is 0 Å². The largest absolute Gasteiger partial charge is 0.383 e. The van der Waals surface area contributed by atoms with Gasteiger partial charge in [-0.15, -0.1) is 0 Å². The molecule has 2 rings (SSSR count). The van der Waals surface area contributed by atoms with E-state index in [1.54, 1.807) is 14.0 Å². The average molecular weight is 242 g/mol. The molecule has 0 radical (unpaired) electrons. The summed E-state index contributed by atoms with van der Waals surface area (Å²) in [7, 11) is 1.59. The highest BCUT2D eigenvalue weighted by Gasteiger charge is 2.22. The molecule has 1 atom stereocenters. The van der Waals surface area contributed by atoms with E-state index in [0.717, 1.165) is 11.1 Å². The van der Waals surface area contributed by atoms with E-state index in [1.807, 2.05) is 42.5 Å². The van der Waals surface area contributed by atoms with Gasteiger partial charge in [0.1, 0.15) is 5.60 Å². The second kappa shape index (κ2) is 5.34. The van der Waals surface area contributed by atoms with Crippen LogP contribution in [0.1, 0.15) is 12.5 Å². The predicted octanol–water partition coefficient (Wildman–Crippen LogP) is 3.21. The molecule has 0 spiro atoms. The Morgan fingerprint density at radius 3 is 2.06 bits per heavy atom. The molecule has 0 bridgehead atoms. The van der Waals surface area contributed by atoms with Crippen molar-refractivity contribution in [3.05, 3.63) is 60.2 Å². The Labute approximate surface area is 108 Å². The standard InChI is InChI=1S/C16H18O2/c1-16(17,12-18-2)15-10-8-14(9-11-15)13-6-4-3-5-7-13/h3-11,17H,12H2,1-2H3. The molecule has 0 saturated carbocycles. The summed E-state index contributed by atoms with van der Waals surface area (Å²) in [6.45, 7) is 2.05. The van der Waals surface area contributed by atoms with Crippen LogP contribution in [0, 0.1) is 0 Å². The monoisotopic (exact) mass is 242 g/mol. The Hall–Kier alpha value is -1.64. The van der Waals surface area contributed by atoms with Crippen LogP contribution in [0.15, 0.2) is 54.6 Å². The smallest absolute Gasteiger partial charge is 0.110 e. The Bertz CT molecular complexity index is 486. The van der Waals surface area contributed by atoms with Crippen LogP contribution in [0.2, 0.25) is 0 Å². The third-order valence-corrected chi connectivity index (χ3v) is 3.04. The van der Waals surface area contributed by atoms with Gasteiger partial charge in [0.05, 0.1) is 6.61 Å². The molecule has 0 aliphatic rings. The van der Waals surface area contributed by atoms with Crippen molar-refractivity contribution < 1.29 is 9.84 Å². The molecule has 18 heavy (non-hydrogen) atoms. The van der Waals surface area contributed by atoms with Crippen LogP contribution in [0.4, 0.5) is 0 Å². The zero-order chi connectivity index (χ0) is 13.0. The highest BCUT2D eigenvalue weighted by atomic mass is 16.5. The lowest BCUT2D eigenvalue weighted by atomic mass is 9.94. The first kappa shape index (κ1) is 12.8. The van der Waals surface area contributed by atoms with Crippen molar-refractivity contribution in [1.82, 2.24) is 0 Å². The van der Waals surface area contributed by atoms with Crippen molar-refractivity contribution in [3.63, 3.8) is 0 Å². The van der Waals surface area contributed by atoms with Crippen LogP contribution in [0.3, 0.4) is 0 Å². The van der Waals surface area contributed by atoms with E-state index in [1.165, 1.54) is 5.56 Å². The van der Waals surface area contributed by atoms with Gasteiger partial charge in [0.25, 0.3) is 0 Å². The fourth-order valence-electron chi connectivity index (χ4n) is 2.02. The molecule has 2 heteroatoms. The summed E-state index contributed by atoms with van der Waals surface area (Å²) < 4.78 is 5.03. The molecule has 94 valence electrons. The van der Waals surface area contributed by atoms with E-state index in [-0.39, 0.29) is 6.61 Å². The summed E-state index contributed by atoms with van der Waals surface area (Å²) in [6, 6.07) is 18.1. The predicted molar refractivity (Wildman–Crippen MR) is 73.3 cm³/mol. The Kier molecular flexibility index (Phi) is 3.80. The molecule has 0 heterocycles. The second-order valence-electron chi connectivity index (χ2n) is 4.65. The number of aliphatic hydroxyl groups is 1. The fourth-order valence-corrected chi connectivity index (χ4v) is 2.02. The molecule has 0 fully saturated rings. The number of benzene rings is 2. The van der Waals surface area contributed by atoms with Crippen LogP contribution < -0.4 is 0 Å². The Morgan fingerprint density at radius 1 is 0.944 bits per heavy atom. The quantitative estimate of drug-likeness (QED) is 0.892. The van der Waals surface area contributed by atoms with Gasteiger partial charge in [-0.05, 0) is 23.6 Å². The number of rotatable bonds is 4. The van der Waals surface area contributed by atoms with Crippen LogP contribution in [0.5, 0.6) is 0 Å². The molecule has 2 nitrogen and oxygen atoms in total. The summed E-state index contributed by atoms with van der Waals surface area (Å²) in [4.78, 5) is 0. The van der Waals surface area contributed by atoms with Gasteiger partial charge < -0.3 is 9.84 Å². The molecule has 0 saturated heterocycles. The maximum atomic E-state index is 10.2. The van der Waals surface area contributed by atoms with E-state index in [2.05, 4.69) is 12.1 Å². The Balaban J connectivity index is 2.26. The minimum atomic E-state index is -0.941. The molecule has 0 aliphatic heterocycles. The van der Waals surface area contributed by atoms with E-state index >= 15 is 0 Å². The highest BCUT2D eigenvalue weighted by molar-refractivity contribution is 5.63. The van der Waals surface area contributed by atoms with Crippen molar-refractivity contribution in [3.8, 4) is 11.1 Å². The topological polar surface area (TPSA) is 29.5 Å². The molecular weight excluding hydrogens is 224 g/mol. The maximum Gasteiger partial charge on any atom is 0.110 e. The van der Waals surface area contributed by atoms with Gasteiger partial charge in [0.15, 0.2) is 0 Å². The number of hydrogen-bond acceptors (Lipinski definition) is 2. The molecular formula is C16H18O2. The van der Waals surface area contributed by atoms with Crippen molar-refractivity contribution in [2.75, 3.05) is 13.7 Å². The van der Waals surface area contributed by atoms with Crippen LogP contribution >= 0.6 is 0 Å². The molecule has 0 amide bonds. The van der Waals surface area contributed by atoms with Crippen LogP contribution in [0.25, 0.3) is 11.1 Å². The average Bonchev–Trinajstić information content (AvgIpc) is 2.40. The van der Waals surface area contributed by atoms with Crippen molar-refractivity contribution in [1.29, 1.82) is 0 Å². The van der Waals surface area contributed by atoms with Gasteiger partial charge in [0.2, 0.25) is 0 Å². The Morgan fingerprint density at radius 2 is 1.50 bits per heavy atom. The molecule has 2 aromatic carbocycles. The summed E-state index contributed by atoms with van der Waals surface area (Å²) >= 11 is 0. The fraction of sp³-hybridized carbons (Fsp3) is 0.250. The summed E-state index contributed by atoms with van der Waals surface area (Å²) in [6.07, 6.45) is 0. The molecule has 2 aromatic rings. The minimum absolute atomic E-state index is 0.289. The van der Waals surface area contributed by atoms with Crippen molar-refractivity contribution in [2.45, 2.75) is 12.5 Å². The zero-order valence-corrected chi connectivity index (χ0v) is 10.8. The lowest BCUT2D eigenvalue weighted by Crippen LogP contribution is -2.26. The lowest BCUT2D eigenvalue weighted by molar-refractivity contribution is -0.0208. The van der Waals surface area contributed by atoms with Gasteiger partial charge in [-0.2, -0.15) is 0 Å². The summed E-state index contributed by atoms with van der Waals surface area (Å²) in [5, 5.41) is 10.2. The first-order chi connectivity index (χ1) is 8.63. The highest BCUT2D eigenvalue weighted by Crippen LogP contribution is 2.25. The van der Waals surface area contributed by atoms with E-state index < -0.39 is 5.60 Å². The van der Waals surface area contributed by atoms with Crippen LogP contribution in [-0.2, 0) is 10.3 Å². The summed E-state index contributed by atoms with van der Waals surface area (Å²) in [5.41, 5.74) is 2.25.